The number of hydrogen-bond donors (Lipinski definition) is 0. The minimum absolute atomic E-state index is 0.397. The van der Waals surface area contributed by atoms with E-state index in [0.29, 0.717) is 34.1 Å². The fourth-order valence-corrected chi connectivity index (χ4v) is 4.22. The number of nitrogens with zero attached hydrogens (tertiary/aromatic N) is 2. The molecule has 0 amide bonds. The van der Waals surface area contributed by atoms with E-state index in [4.69, 9.17) is 21.6 Å². The van der Waals surface area contributed by atoms with Crippen LogP contribution in [-0.2, 0) is 6.61 Å². The molecular weight excluding hydrogens is 516 g/mol. The van der Waals surface area contributed by atoms with E-state index in [2.05, 4.69) is 44.0 Å². The normalized spacial score (nSPS) is 10.9. The third-order valence-corrected chi connectivity index (χ3v) is 5.48. The van der Waals surface area contributed by atoms with E-state index in [-0.39, 0.29) is 0 Å². The Morgan fingerprint density at radius 1 is 1.00 bits per heavy atom. The molecule has 0 fully saturated rings. The number of hydrogen-bond acceptors (Lipinski definition) is 3. The fraction of sp³-hybridized carbons (Fsp3) is 0.0435. The predicted molar refractivity (Wildman–Crippen MR) is 122 cm³/mol. The molecule has 0 aliphatic heterocycles. The van der Waals surface area contributed by atoms with Gasteiger partial charge in [0.15, 0.2) is 0 Å². The van der Waals surface area contributed by atoms with Gasteiger partial charge in [0, 0.05) is 5.02 Å². The van der Waals surface area contributed by atoms with E-state index < -0.39 is 0 Å². The average molecular weight is 529 g/mol. The molecule has 142 valence electrons. The lowest BCUT2D eigenvalue weighted by Gasteiger charge is -2.12. The summed E-state index contributed by atoms with van der Waals surface area (Å²) in [5.74, 6) is 0.669. The maximum Gasteiger partial charge on any atom is 0.148 e. The van der Waals surface area contributed by atoms with Gasteiger partial charge in [0.05, 0.1) is 32.2 Å². The Kier molecular flexibility index (Phi) is 7.12. The second-order valence-corrected chi connectivity index (χ2v) is 8.24. The summed E-state index contributed by atoms with van der Waals surface area (Å²) in [7, 11) is 0. The highest BCUT2D eigenvalue weighted by Gasteiger charge is 2.10. The number of ether oxygens (including phenoxy) is 1. The van der Waals surface area contributed by atoms with E-state index >= 15 is 0 Å². The summed E-state index contributed by atoms with van der Waals surface area (Å²) in [4.78, 5) is 0. The molecule has 0 aliphatic rings. The first-order valence-corrected chi connectivity index (χ1v) is 10.4. The van der Waals surface area contributed by atoms with Crippen LogP contribution in [0.2, 0.25) is 5.02 Å². The maximum atomic E-state index is 9.57. The van der Waals surface area contributed by atoms with Gasteiger partial charge < -0.3 is 4.74 Å². The molecule has 0 heterocycles. The molecule has 0 N–H and O–H groups in total. The second kappa shape index (κ2) is 9.76. The first kappa shape index (κ1) is 21.1. The van der Waals surface area contributed by atoms with E-state index in [1.54, 1.807) is 24.3 Å². The molecule has 6 heteroatoms. The highest BCUT2D eigenvalue weighted by molar-refractivity contribution is 9.11. The van der Waals surface area contributed by atoms with Gasteiger partial charge in [-0.05, 0) is 91.0 Å². The molecule has 3 rings (SSSR count). The number of benzene rings is 3. The summed E-state index contributed by atoms with van der Waals surface area (Å²) < 4.78 is 7.45. The van der Waals surface area contributed by atoms with Gasteiger partial charge in [0.25, 0.3) is 0 Å². The Hall–Kier alpha value is -2.57. The lowest BCUT2D eigenvalue weighted by Crippen LogP contribution is -1.97. The summed E-state index contributed by atoms with van der Waals surface area (Å²) in [5.41, 5.74) is 3.50. The lowest BCUT2D eigenvalue weighted by molar-refractivity contribution is 0.302. The molecule has 0 atom stereocenters. The van der Waals surface area contributed by atoms with Crippen molar-refractivity contribution in [3.05, 3.63) is 96.9 Å². The highest BCUT2D eigenvalue weighted by Crippen LogP contribution is 2.36. The monoisotopic (exact) mass is 526 g/mol. The molecule has 3 aromatic carbocycles. The highest BCUT2D eigenvalue weighted by atomic mass is 79.9. The van der Waals surface area contributed by atoms with Crippen molar-refractivity contribution < 1.29 is 4.74 Å². The Balaban J connectivity index is 1.85. The van der Waals surface area contributed by atoms with Crippen LogP contribution < -0.4 is 4.74 Å². The Labute approximate surface area is 191 Å². The van der Waals surface area contributed by atoms with Crippen molar-refractivity contribution >= 4 is 55.1 Å². The molecule has 3 nitrogen and oxygen atoms in total. The third-order valence-electron chi connectivity index (χ3n) is 4.05. The SMILES string of the molecule is N#C/C(=C/c1cc(Br)c(OCc2ccc(Cl)cc2)c(Br)c1)c1cccc(C#N)c1. The number of rotatable bonds is 5. The molecule has 0 bridgehead atoms. The third kappa shape index (κ3) is 5.49. The quantitative estimate of drug-likeness (QED) is 0.256. The summed E-state index contributed by atoms with van der Waals surface area (Å²) in [6.45, 7) is 0.397. The van der Waals surface area contributed by atoms with Crippen molar-refractivity contribution in [2.45, 2.75) is 6.61 Å². The molecule has 0 aliphatic carbocycles. The van der Waals surface area contributed by atoms with E-state index in [1.165, 1.54) is 0 Å². The minimum atomic E-state index is 0.397. The molecule has 0 radical (unpaired) electrons. The average Bonchev–Trinajstić information content (AvgIpc) is 2.72. The van der Waals surface area contributed by atoms with Crippen LogP contribution in [0.5, 0.6) is 5.75 Å². The predicted octanol–water partition coefficient (Wildman–Crippen LogP) is 7.38. The second-order valence-electron chi connectivity index (χ2n) is 6.09. The molecule has 0 aromatic heterocycles. The van der Waals surface area contributed by atoms with E-state index in [1.807, 2.05) is 42.5 Å². The van der Waals surface area contributed by atoms with Crippen molar-refractivity contribution in [3.8, 4) is 17.9 Å². The van der Waals surface area contributed by atoms with Gasteiger partial charge in [-0.2, -0.15) is 10.5 Å². The van der Waals surface area contributed by atoms with Crippen molar-refractivity contribution in [1.29, 1.82) is 10.5 Å². The number of nitriles is 2. The van der Waals surface area contributed by atoms with Gasteiger partial charge in [-0.15, -0.1) is 0 Å². The Bertz CT molecular complexity index is 1140. The topological polar surface area (TPSA) is 56.8 Å². The van der Waals surface area contributed by atoms with Gasteiger partial charge >= 0.3 is 0 Å². The summed E-state index contributed by atoms with van der Waals surface area (Å²) in [6, 6.07) is 22.5. The van der Waals surface area contributed by atoms with Crippen LogP contribution in [0.3, 0.4) is 0 Å². The first-order chi connectivity index (χ1) is 14.0. The largest absolute Gasteiger partial charge is 0.487 e. The first-order valence-electron chi connectivity index (χ1n) is 8.49. The van der Waals surface area contributed by atoms with Gasteiger partial charge in [0.1, 0.15) is 12.4 Å². The number of allylic oxidation sites excluding steroid dienone is 1. The molecule has 0 spiro atoms. The smallest absolute Gasteiger partial charge is 0.148 e. The summed E-state index contributed by atoms with van der Waals surface area (Å²) >= 11 is 13.0. The van der Waals surface area contributed by atoms with Crippen LogP contribution in [0.1, 0.15) is 22.3 Å². The zero-order valence-corrected chi connectivity index (χ0v) is 18.9. The number of halogens is 3. The Morgan fingerprint density at radius 2 is 1.69 bits per heavy atom. The minimum Gasteiger partial charge on any atom is -0.487 e. The van der Waals surface area contributed by atoms with Crippen molar-refractivity contribution in [3.63, 3.8) is 0 Å². The molecule has 0 saturated heterocycles. The zero-order chi connectivity index (χ0) is 20.8. The zero-order valence-electron chi connectivity index (χ0n) is 15.0. The van der Waals surface area contributed by atoms with Crippen molar-refractivity contribution in [1.82, 2.24) is 0 Å². The summed E-state index contributed by atoms with van der Waals surface area (Å²) in [6.07, 6.45) is 1.77. The lowest BCUT2D eigenvalue weighted by atomic mass is 10.0. The molecule has 3 aromatic rings. The van der Waals surface area contributed by atoms with Gasteiger partial charge in [-0.1, -0.05) is 35.9 Å². The van der Waals surface area contributed by atoms with Crippen LogP contribution in [0.25, 0.3) is 11.6 Å². The fourth-order valence-electron chi connectivity index (χ4n) is 2.64. The van der Waals surface area contributed by atoms with Crippen molar-refractivity contribution in [2.75, 3.05) is 0 Å². The van der Waals surface area contributed by atoms with E-state index in [9.17, 15) is 5.26 Å². The van der Waals surface area contributed by atoms with Crippen LogP contribution >= 0.6 is 43.5 Å². The molecule has 29 heavy (non-hydrogen) atoms. The van der Waals surface area contributed by atoms with Crippen molar-refractivity contribution in [2.24, 2.45) is 0 Å². The maximum absolute atomic E-state index is 9.57. The molecule has 0 unspecified atom stereocenters. The summed E-state index contributed by atoms with van der Waals surface area (Å²) in [5, 5.41) is 19.3. The standard InChI is InChI=1S/C23H13Br2ClN2O/c24-21-10-17(9-19(13-28)18-3-1-2-16(8-18)12-27)11-22(25)23(21)29-14-15-4-6-20(26)7-5-15/h1-11H,14H2/b19-9-. The van der Waals surface area contributed by atoms with Gasteiger partial charge in [0.2, 0.25) is 0 Å². The van der Waals surface area contributed by atoms with Gasteiger partial charge in [-0.3, -0.25) is 0 Å². The van der Waals surface area contributed by atoms with Crippen LogP contribution in [0, 0.1) is 22.7 Å². The van der Waals surface area contributed by atoms with E-state index in [0.717, 1.165) is 20.1 Å². The Morgan fingerprint density at radius 3 is 2.31 bits per heavy atom. The van der Waals surface area contributed by atoms with Crippen LogP contribution in [0.15, 0.2) is 69.6 Å². The van der Waals surface area contributed by atoms with Crippen LogP contribution in [-0.4, -0.2) is 0 Å². The molecular formula is C23H13Br2ClN2O. The van der Waals surface area contributed by atoms with Gasteiger partial charge in [-0.25, -0.2) is 0 Å². The van der Waals surface area contributed by atoms with Crippen LogP contribution in [0.4, 0.5) is 0 Å². The molecule has 0 saturated carbocycles.